The second kappa shape index (κ2) is 18.8. The molecule has 0 radical (unpaired) electrons. The minimum atomic E-state index is -1.01. The van der Waals surface area contributed by atoms with Crippen molar-refractivity contribution in [2.45, 2.75) is 26.7 Å². The zero-order valence-corrected chi connectivity index (χ0v) is 19.3. The Morgan fingerprint density at radius 2 is 0.968 bits per heavy atom. The average molecular weight is 489 g/mol. The van der Waals surface area contributed by atoms with Gasteiger partial charge in [-0.15, -0.1) is 0 Å². The van der Waals surface area contributed by atoms with Crippen LogP contribution in [-0.4, -0.2) is 98.7 Å². The number of rotatable bonds is 16. The van der Waals surface area contributed by atoms with E-state index in [1.807, 2.05) is 13.8 Å². The summed E-state index contributed by atoms with van der Waals surface area (Å²) >= 11 is 10.1. The van der Waals surface area contributed by atoms with Crippen LogP contribution in [0.25, 0.3) is 0 Å². The molecule has 180 valence electrons. The molecule has 0 aliphatic heterocycles. The average Bonchev–Trinajstić information content (AvgIpc) is 2.71. The van der Waals surface area contributed by atoms with Crippen molar-refractivity contribution in [3.63, 3.8) is 0 Å². The van der Waals surface area contributed by atoms with Crippen molar-refractivity contribution < 1.29 is 42.9 Å². The lowest BCUT2D eigenvalue weighted by molar-refractivity contribution is 0.0267. The summed E-state index contributed by atoms with van der Waals surface area (Å²) in [5.41, 5.74) is -2.02. The van der Waals surface area contributed by atoms with Gasteiger partial charge in [-0.2, -0.15) is 0 Å². The molecule has 0 aliphatic rings. The highest BCUT2D eigenvalue weighted by Crippen LogP contribution is 2.00. The molecule has 0 fully saturated rings. The summed E-state index contributed by atoms with van der Waals surface area (Å²) in [6, 6.07) is 0. The first kappa shape index (κ1) is 29.0. The number of hydrogen-bond donors (Lipinski definition) is 0. The van der Waals surface area contributed by atoms with Crippen LogP contribution < -0.4 is 0 Å². The first-order chi connectivity index (χ1) is 14.8. The standard InChI is InChI=1S/C18H30Cl2N2O9/c1-3-5-21(6-4-2)17(25)30-13-11-27-12-14-31-18(26)22(7-9-28-15(19)23)8-10-29-16(20)24/h3-14H2,1-2H3. The highest BCUT2D eigenvalue weighted by Gasteiger charge is 2.16. The molecule has 2 amide bonds. The Morgan fingerprint density at radius 3 is 1.32 bits per heavy atom. The maximum atomic E-state index is 12.1. The highest BCUT2D eigenvalue weighted by molar-refractivity contribution is 6.61. The van der Waals surface area contributed by atoms with Gasteiger partial charge in [0.2, 0.25) is 0 Å². The van der Waals surface area contributed by atoms with E-state index in [2.05, 4.69) is 9.47 Å². The van der Waals surface area contributed by atoms with Crippen LogP contribution in [0.4, 0.5) is 19.2 Å². The third-order valence-corrected chi connectivity index (χ3v) is 3.78. The normalized spacial score (nSPS) is 10.2. The summed E-state index contributed by atoms with van der Waals surface area (Å²) in [7, 11) is 0. The van der Waals surface area contributed by atoms with Gasteiger partial charge in [-0.05, 0) is 12.8 Å². The summed E-state index contributed by atoms with van der Waals surface area (Å²) in [5.74, 6) is 0. The van der Waals surface area contributed by atoms with Crippen LogP contribution in [0.3, 0.4) is 0 Å². The van der Waals surface area contributed by atoms with E-state index in [0.29, 0.717) is 13.1 Å². The quantitative estimate of drug-likeness (QED) is 0.182. The van der Waals surface area contributed by atoms with Crippen LogP contribution in [0.15, 0.2) is 0 Å². The summed E-state index contributed by atoms with van der Waals surface area (Å²) in [6.45, 7) is 5.09. The second-order valence-corrected chi connectivity index (χ2v) is 6.60. The van der Waals surface area contributed by atoms with Crippen molar-refractivity contribution in [1.82, 2.24) is 9.80 Å². The Labute approximate surface area is 191 Å². The van der Waals surface area contributed by atoms with Gasteiger partial charge in [0.25, 0.3) is 0 Å². The monoisotopic (exact) mass is 488 g/mol. The van der Waals surface area contributed by atoms with Crippen molar-refractivity contribution in [3.8, 4) is 0 Å². The van der Waals surface area contributed by atoms with E-state index in [4.69, 9.17) is 37.4 Å². The molecule has 0 heterocycles. The Kier molecular flexibility index (Phi) is 17.6. The maximum absolute atomic E-state index is 12.1. The molecular weight excluding hydrogens is 459 g/mol. The molecule has 0 N–H and O–H groups in total. The van der Waals surface area contributed by atoms with E-state index in [-0.39, 0.29) is 58.8 Å². The van der Waals surface area contributed by atoms with Crippen molar-refractivity contribution in [1.29, 1.82) is 0 Å². The predicted octanol–water partition coefficient (Wildman–Crippen LogP) is 3.45. The van der Waals surface area contributed by atoms with E-state index in [9.17, 15) is 19.2 Å². The lowest BCUT2D eigenvalue weighted by Gasteiger charge is -2.21. The molecule has 0 aromatic carbocycles. The first-order valence-corrected chi connectivity index (χ1v) is 10.6. The molecule has 0 bridgehead atoms. The van der Waals surface area contributed by atoms with E-state index in [0.717, 1.165) is 17.7 Å². The van der Waals surface area contributed by atoms with E-state index >= 15 is 0 Å². The zero-order valence-electron chi connectivity index (χ0n) is 17.8. The predicted molar refractivity (Wildman–Crippen MR) is 112 cm³/mol. The van der Waals surface area contributed by atoms with Crippen LogP contribution >= 0.6 is 23.2 Å². The lowest BCUT2D eigenvalue weighted by Crippen LogP contribution is -2.38. The third-order valence-electron chi connectivity index (χ3n) is 3.56. The van der Waals surface area contributed by atoms with Gasteiger partial charge in [-0.3, -0.25) is 0 Å². The van der Waals surface area contributed by atoms with Gasteiger partial charge in [0.15, 0.2) is 0 Å². The fourth-order valence-corrected chi connectivity index (χ4v) is 2.42. The molecule has 0 saturated heterocycles. The van der Waals surface area contributed by atoms with Crippen molar-refractivity contribution in [2.75, 3.05) is 65.8 Å². The number of carbonyl (C=O) groups is 4. The van der Waals surface area contributed by atoms with E-state index in [1.54, 1.807) is 4.90 Å². The molecule has 0 aromatic rings. The van der Waals surface area contributed by atoms with Gasteiger partial charge in [-0.1, -0.05) is 13.8 Å². The largest absolute Gasteiger partial charge is 0.452 e. The van der Waals surface area contributed by atoms with Gasteiger partial charge >= 0.3 is 23.0 Å². The smallest absolute Gasteiger partial charge is 0.410 e. The Bertz CT molecular complexity index is 526. The number of ether oxygens (including phenoxy) is 5. The topological polar surface area (TPSA) is 121 Å². The van der Waals surface area contributed by atoms with Gasteiger partial charge in [-0.25, -0.2) is 19.2 Å². The Balaban J connectivity index is 4.11. The molecular formula is C18H30Cl2N2O9. The maximum Gasteiger partial charge on any atom is 0.410 e. The number of carbonyl (C=O) groups excluding carboxylic acids is 4. The van der Waals surface area contributed by atoms with Crippen molar-refractivity contribution in [3.05, 3.63) is 0 Å². The van der Waals surface area contributed by atoms with Gasteiger partial charge in [0.1, 0.15) is 26.4 Å². The molecule has 0 aliphatic carbocycles. The molecule has 0 aromatic heterocycles. The molecule has 11 nitrogen and oxygen atoms in total. The molecule has 31 heavy (non-hydrogen) atoms. The molecule has 0 atom stereocenters. The fourth-order valence-electron chi connectivity index (χ4n) is 2.26. The minimum Gasteiger partial charge on any atom is -0.452 e. The number of hydrogen-bond acceptors (Lipinski definition) is 9. The van der Waals surface area contributed by atoms with Crippen LogP contribution in [0.1, 0.15) is 26.7 Å². The number of amides is 2. The van der Waals surface area contributed by atoms with Gasteiger partial charge in [0.05, 0.1) is 26.3 Å². The van der Waals surface area contributed by atoms with Crippen molar-refractivity contribution in [2.24, 2.45) is 0 Å². The van der Waals surface area contributed by atoms with Crippen LogP contribution in [0.2, 0.25) is 0 Å². The molecule has 13 heteroatoms. The van der Waals surface area contributed by atoms with Crippen LogP contribution in [0, 0.1) is 0 Å². The van der Waals surface area contributed by atoms with E-state index in [1.165, 1.54) is 0 Å². The SMILES string of the molecule is CCCN(CCC)C(=O)OCCOCCOC(=O)N(CCOC(=O)Cl)CCOC(=O)Cl. The van der Waals surface area contributed by atoms with E-state index < -0.39 is 17.0 Å². The summed E-state index contributed by atoms with van der Waals surface area (Å²) < 4.78 is 24.6. The first-order valence-electron chi connectivity index (χ1n) is 9.87. The summed E-state index contributed by atoms with van der Waals surface area (Å²) in [4.78, 5) is 48.0. The minimum absolute atomic E-state index is 0.0278. The zero-order chi connectivity index (χ0) is 23.5. The highest BCUT2D eigenvalue weighted by atomic mass is 35.5. The molecule has 0 unspecified atom stereocenters. The number of nitrogens with zero attached hydrogens (tertiary/aromatic N) is 2. The molecule has 0 saturated carbocycles. The number of halogens is 2. The Morgan fingerprint density at radius 1 is 0.581 bits per heavy atom. The fraction of sp³-hybridized carbons (Fsp3) is 0.778. The third kappa shape index (κ3) is 16.4. The van der Waals surface area contributed by atoms with Crippen molar-refractivity contribution >= 4 is 46.2 Å². The van der Waals surface area contributed by atoms with Gasteiger partial charge in [0, 0.05) is 36.3 Å². The van der Waals surface area contributed by atoms with Crippen LogP contribution in [-0.2, 0) is 23.7 Å². The Hall–Kier alpha value is -1.98. The lowest BCUT2D eigenvalue weighted by atomic mass is 10.4. The summed E-state index contributed by atoms with van der Waals surface area (Å²) in [6.07, 6.45) is 0.568. The van der Waals surface area contributed by atoms with Crippen LogP contribution in [0.5, 0.6) is 0 Å². The summed E-state index contributed by atoms with van der Waals surface area (Å²) in [5, 5.41) is 0. The molecule has 0 spiro atoms. The second-order valence-electron chi connectivity index (χ2n) is 5.99. The van der Waals surface area contributed by atoms with Gasteiger partial charge < -0.3 is 33.5 Å². The molecule has 0 rings (SSSR count).